The molecule has 2 bridgehead atoms. The van der Waals surface area contributed by atoms with Crippen molar-refractivity contribution >= 4 is 11.9 Å². The van der Waals surface area contributed by atoms with Gasteiger partial charge in [-0.1, -0.05) is 5.73 Å². The second kappa shape index (κ2) is 5.69. The third-order valence-corrected chi connectivity index (χ3v) is 5.05. The number of aliphatic imine (C=N–C) groups is 1. The summed E-state index contributed by atoms with van der Waals surface area (Å²) in [5.41, 5.74) is 4.95. The summed E-state index contributed by atoms with van der Waals surface area (Å²) in [7, 11) is 0. The number of nitrogens with zero attached hydrogens (tertiary/aromatic N) is 4. The van der Waals surface area contributed by atoms with E-state index < -0.39 is 0 Å². The third-order valence-electron chi connectivity index (χ3n) is 5.05. The molecule has 0 radical (unpaired) electrons. The van der Waals surface area contributed by atoms with Gasteiger partial charge in [0, 0.05) is 50.9 Å². The van der Waals surface area contributed by atoms with Crippen LogP contribution in [0.25, 0.3) is 0 Å². The molecule has 1 N–H and O–H groups in total. The van der Waals surface area contributed by atoms with Gasteiger partial charge in [0.05, 0.1) is 5.71 Å². The van der Waals surface area contributed by atoms with Gasteiger partial charge in [0.15, 0.2) is 5.82 Å². The Kier molecular flexibility index (Phi) is 3.33. The van der Waals surface area contributed by atoms with Crippen molar-refractivity contribution in [3.8, 4) is 0 Å². The first-order valence-electron chi connectivity index (χ1n) is 8.62. The van der Waals surface area contributed by atoms with Crippen LogP contribution in [0.2, 0.25) is 0 Å². The predicted molar refractivity (Wildman–Crippen MR) is 96.6 cm³/mol. The van der Waals surface area contributed by atoms with Crippen LogP contribution in [0.4, 0.5) is 4.39 Å². The zero-order valence-corrected chi connectivity index (χ0v) is 13.7. The lowest BCUT2D eigenvalue weighted by Gasteiger charge is -2.37. The van der Waals surface area contributed by atoms with Gasteiger partial charge < -0.3 is 10.2 Å². The number of nitrogens with one attached hydrogen (secondary N) is 1. The van der Waals surface area contributed by atoms with Gasteiger partial charge >= 0.3 is 0 Å². The van der Waals surface area contributed by atoms with Crippen molar-refractivity contribution in [3.63, 3.8) is 0 Å². The largest absolute Gasteiger partial charge is 0.351 e. The molecule has 0 amide bonds. The van der Waals surface area contributed by atoms with Crippen LogP contribution in [0.1, 0.15) is 19.8 Å². The Morgan fingerprint density at radius 2 is 2.16 bits per heavy atom. The highest BCUT2D eigenvalue weighted by Crippen LogP contribution is 2.33. The molecule has 0 saturated carbocycles. The fourth-order valence-electron chi connectivity index (χ4n) is 3.84. The summed E-state index contributed by atoms with van der Waals surface area (Å²) in [5, 5.41) is 9.98. The van der Waals surface area contributed by atoms with Crippen LogP contribution in [-0.4, -0.2) is 47.0 Å². The lowest BCUT2D eigenvalue weighted by atomic mass is 10.1. The van der Waals surface area contributed by atoms with Gasteiger partial charge in [-0.25, -0.2) is 9.38 Å². The van der Waals surface area contributed by atoms with Crippen LogP contribution >= 0.6 is 0 Å². The molecule has 0 spiro atoms. The standard InChI is InChI=1S/C19H18FN5.H2/c20-14-6-4-13(5-7-14)17-10-19(24-12-15-9-16(24)11-21-15)25-18(23-17)3-1-2-8-22-25;/h1,4-8,10,15-16,21H,2,9,11-12H2;1H. The number of piperazine rings is 1. The summed E-state index contributed by atoms with van der Waals surface area (Å²) in [4.78, 5) is 7.12. The van der Waals surface area contributed by atoms with E-state index in [9.17, 15) is 4.39 Å². The fourth-order valence-corrected chi connectivity index (χ4v) is 3.84. The molecule has 5 rings (SSSR count). The summed E-state index contributed by atoms with van der Waals surface area (Å²) >= 11 is 0. The smallest absolute Gasteiger partial charge is 0.200 e. The first-order valence-corrected chi connectivity index (χ1v) is 8.62. The van der Waals surface area contributed by atoms with E-state index >= 15 is 0 Å². The number of benzene rings is 1. The molecule has 0 aliphatic carbocycles. The van der Waals surface area contributed by atoms with Crippen molar-refractivity contribution in [2.24, 2.45) is 10.1 Å². The molecule has 2 atom stereocenters. The SMILES string of the molecule is Fc1ccc(C2=NC3=C=CCC=NN3C(N3CC4CC3CN4)=C2)cc1.[HH]. The lowest BCUT2D eigenvalue weighted by molar-refractivity contribution is 0.208. The van der Waals surface area contributed by atoms with E-state index in [1.54, 1.807) is 12.1 Å². The summed E-state index contributed by atoms with van der Waals surface area (Å²) in [6.07, 6.45) is 7.76. The quantitative estimate of drug-likeness (QED) is 0.843. The Morgan fingerprint density at radius 1 is 1.28 bits per heavy atom. The molecule has 1 aromatic rings. The molecule has 5 nitrogen and oxygen atoms in total. The second-order valence-electron chi connectivity index (χ2n) is 6.67. The number of hydrogen-bond donors (Lipinski definition) is 1. The van der Waals surface area contributed by atoms with Crippen molar-refractivity contribution in [3.05, 3.63) is 65.2 Å². The molecular formula is C19H20FN5. The number of hydrazone groups is 1. The molecule has 1 aromatic carbocycles. The van der Waals surface area contributed by atoms with Gasteiger partial charge in [-0.15, -0.1) is 0 Å². The summed E-state index contributed by atoms with van der Waals surface area (Å²) in [5.74, 6) is 1.46. The zero-order chi connectivity index (χ0) is 16.8. The minimum Gasteiger partial charge on any atom is -0.351 e. The van der Waals surface area contributed by atoms with E-state index in [-0.39, 0.29) is 7.24 Å². The molecule has 2 fully saturated rings. The molecule has 4 aliphatic rings. The fraction of sp³-hybridized carbons (Fsp3) is 0.316. The van der Waals surface area contributed by atoms with Gasteiger partial charge in [0.25, 0.3) is 0 Å². The first-order chi connectivity index (χ1) is 12.3. The minimum absolute atomic E-state index is 0. The molecule has 25 heavy (non-hydrogen) atoms. The number of halogens is 1. The van der Waals surface area contributed by atoms with Crippen LogP contribution in [-0.2, 0) is 0 Å². The second-order valence-corrected chi connectivity index (χ2v) is 6.67. The first kappa shape index (κ1) is 14.6. The van der Waals surface area contributed by atoms with Crippen LogP contribution in [0.15, 0.2) is 63.9 Å². The molecule has 2 saturated heterocycles. The molecule has 6 heteroatoms. The molecule has 4 heterocycles. The highest BCUT2D eigenvalue weighted by atomic mass is 19.1. The van der Waals surface area contributed by atoms with Crippen molar-refractivity contribution < 1.29 is 5.82 Å². The van der Waals surface area contributed by atoms with Gasteiger partial charge in [-0.05, 0) is 36.8 Å². The third kappa shape index (κ3) is 2.51. The predicted octanol–water partition coefficient (Wildman–Crippen LogP) is 2.45. The van der Waals surface area contributed by atoms with Gasteiger partial charge in [-0.2, -0.15) is 10.1 Å². The van der Waals surface area contributed by atoms with Crippen molar-refractivity contribution in [1.29, 1.82) is 0 Å². The van der Waals surface area contributed by atoms with E-state index in [0.29, 0.717) is 17.9 Å². The summed E-state index contributed by atoms with van der Waals surface area (Å²) in [6, 6.07) is 7.48. The molecule has 4 aliphatic heterocycles. The van der Waals surface area contributed by atoms with Gasteiger partial charge in [0.2, 0.25) is 0 Å². The molecular weight excluding hydrogens is 317 g/mol. The molecule has 0 aromatic heterocycles. The van der Waals surface area contributed by atoms with Crippen molar-refractivity contribution in [2.45, 2.75) is 24.9 Å². The summed E-state index contributed by atoms with van der Waals surface area (Å²) in [6.45, 7) is 1.97. The summed E-state index contributed by atoms with van der Waals surface area (Å²) < 4.78 is 13.3. The van der Waals surface area contributed by atoms with E-state index in [4.69, 9.17) is 4.99 Å². The molecule has 128 valence electrons. The number of fused-ring (bicyclic) bond motifs is 3. The maximum atomic E-state index is 13.3. The number of rotatable bonds is 2. The van der Waals surface area contributed by atoms with Crippen LogP contribution in [0.3, 0.4) is 0 Å². The lowest BCUT2D eigenvalue weighted by Crippen LogP contribution is -2.46. The molecule has 2 unspecified atom stereocenters. The average Bonchev–Trinajstić information content (AvgIpc) is 3.18. The van der Waals surface area contributed by atoms with Crippen LogP contribution < -0.4 is 5.32 Å². The topological polar surface area (TPSA) is 43.2 Å². The Labute approximate surface area is 147 Å². The Hall–Kier alpha value is -2.69. The van der Waals surface area contributed by atoms with E-state index in [1.165, 1.54) is 12.1 Å². The Balaban J connectivity index is 0.00000168. The van der Waals surface area contributed by atoms with Crippen molar-refractivity contribution in [1.82, 2.24) is 15.2 Å². The van der Waals surface area contributed by atoms with E-state index in [2.05, 4.69) is 27.1 Å². The normalized spacial score (nSPS) is 27.0. The zero-order valence-electron chi connectivity index (χ0n) is 13.7. The average molecular weight is 337 g/mol. The van der Waals surface area contributed by atoms with E-state index in [1.807, 2.05) is 17.3 Å². The van der Waals surface area contributed by atoms with Gasteiger partial charge in [0.1, 0.15) is 11.6 Å². The van der Waals surface area contributed by atoms with E-state index in [0.717, 1.165) is 43.0 Å². The maximum absolute atomic E-state index is 13.3. The number of hydrogen-bond acceptors (Lipinski definition) is 5. The number of likely N-dealkylation sites (tertiary alicyclic amines) is 1. The van der Waals surface area contributed by atoms with Crippen molar-refractivity contribution in [2.75, 3.05) is 13.1 Å². The maximum Gasteiger partial charge on any atom is 0.200 e. The Morgan fingerprint density at radius 3 is 2.92 bits per heavy atom. The highest BCUT2D eigenvalue weighted by molar-refractivity contribution is 6.10. The van der Waals surface area contributed by atoms with Gasteiger partial charge in [-0.3, -0.25) is 0 Å². The highest BCUT2D eigenvalue weighted by Gasteiger charge is 2.41. The monoisotopic (exact) mass is 337 g/mol. The Bertz CT molecular complexity index is 866. The van der Waals surface area contributed by atoms with Crippen LogP contribution in [0, 0.1) is 5.82 Å². The van der Waals surface area contributed by atoms with Crippen LogP contribution in [0.5, 0.6) is 0 Å². The minimum atomic E-state index is -0.243. The number of allylic oxidation sites excluding steroid dienone is 2.